The highest BCUT2D eigenvalue weighted by Gasteiger charge is 2.08. The summed E-state index contributed by atoms with van der Waals surface area (Å²) in [6.07, 6.45) is 1.34. The minimum absolute atomic E-state index is 0.247. The van der Waals surface area contributed by atoms with Crippen LogP contribution >= 0.6 is 0 Å². The number of benzene rings is 1. The molecular weight excluding hydrogens is 176 g/mol. The fraction of sp³-hybridized carbons (Fsp3) is 0.250. The molecule has 14 heavy (non-hydrogen) atoms. The van der Waals surface area contributed by atoms with Gasteiger partial charge in [-0.15, -0.1) is 0 Å². The summed E-state index contributed by atoms with van der Waals surface area (Å²) in [7, 11) is 0. The first kappa shape index (κ1) is 10.5. The van der Waals surface area contributed by atoms with Crippen LogP contribution in [0.3, 0.4) is 0 Å². The summed E-state index contributed by atoms with van der Waals surface area (Å²) in [6, 6.07) is 7.32. The largest absolute Gasteiger partial charge is 0.455 e. The Hall–Kier alpha value is -1.57. The van der Waals surface area contributed by atoms with Gasteiger partial charge < -0.3 is 4.74 Å². The van der Waals surface area contributed by atoms with Crippen molar-refractivity contribution in [2.75, 3.05) is 0 Å². The van der Waals surface area contributed by atoms with Crippen LogP contribution in [0, 0.1) is 6.92 Å². The molecule has 0 aliphatic carbocycles. The predicted octanol–water partition coefficient (Wildman–Crippen LogP) is 2.73. The summed E-state index contributed by atoms with van der Waals surface area (Å²) in [4.78, 5) is 11.5. The molecule has 0 bridgehead atoms. The van der Waals surface area contributed by atoms with Gasteiger partial charge in [0.1, 0.15) is 6.10 Å². The van der Waals surface area contributed by atoms with E-state index in [0.29, 0.717) is 5.56 Å². The van der Waals surface area contributed by atoms with Gasteiger partial charge >= 0.3 is 5.97 Å². The third-order valence-electron chi connectivity index (χ3n) is 1.88. The van der Waals surface area contributed by atoms with E-state index in [1.807, 2.05) is 19.1 Å². The molecule has 1 unspecified atom stereocenters. The Balaban J connectivity index is 2.74. The van der Waals surface area contributed by atoms with Crippen LogP contribution in [-0.4, -0.2) is 12.1 Å². The number of hydrogen-bond donors (Lipinski definition) is 0. The quantitative estimate of drug-likeness (QED) is 0.541. The summed E-state index contributed by atoms with van der Waals surface area (Å²) in [6.45, 7) is 7.26. The average Bonchev–Trinajstić information content (AvgIpc) is 2.17. The monoisotopic (exact) mass is 190 g/mol. The van der Waals surface area contributed by atoms with Crippen molar-refractivity contribution in [2.45, 2.75) is 20.0 Å². The maximum absolute atomic E-state index is 11.5. The van der Waals surface area contributed by atoms with Gasteiger partial charge in [0.05, 0.1) is 5.56 Å². The molecule has 2 heteroatoms. The molecule has 2 nitrogen and oxygen atoms in total. The Morgan fingerprint density at radius 1 is 1.57 bits per heavy atom. The molecule has 0 spiro atoms. The van der Waals surface area contributed by atoms with E-state index in [2.05, 4.69) is 6.58 Å². The van der Waals surface area contributed by atoms with Crippen LogP contribution in [0.2, 0.25) is 0 Å². The summed E-state index contributed by atoms with van der Waals surface area (Å²) >= 11 is 0. The molecule has 0 fully saturated rings. The van der Waals surface area contributed by atoms with Crippen molar-refractivity contribution in [3.8, 4) is 0 Å². The van der Waals surface area contributed by atoms with Crippen LogP contribution in [0.4, 0.5) is 0 Å². The second-order valence-corrected chi connectivity index (χ2v) is 3.22. The minimum atomic E-state index is -0.305. The Kier molecular flexibility index (Phi) is 3.46. The lowest BCUT2D eigenvalue weighted by atomic mass is 10.1. The van der Waals surface area contributed by atoms with Crippen molar-refractivity contribution in [3.05, 3.63) is 48.0 Å². The van der Waals surface area contributed by atoms with Gasteiger partial charge in [-0.3, -0.25) is 0 Å². The van der Waals surface area contributed by atoms with Crippen molar-refractivity contribution in [3.63, 3.8) is 0 Å². The average molecular weight is 190 g/mol. The van der Waals surface area contributed by atoms with E-state index in [0.717, 1.165) is 5.56 Å². The maximum Gasteiger partial charge on any atom is 0.338 e. The van der Waals surface area contributed by atoms with Gasteiger partial charge in [-0.1, -0.05) is 30.4 Å². The zero-order valence-corrected chi connectivity index (χ0v) is 8.49. The number of esters is 1. The molecule has 74 valence electrons. The van der Waals surface area contributed by atoms with Crippen LogP contribution < -0.4 is 0 Å². The van der Waals surface area contributed by atoms with Gasteiger partial charge in [-0.05, 0) is 26.0 Å². The smallest absolute Gasteiger partial charge is 0.338 e. The molecule has 1 aromatic carbocycles. The fourth-order valence-electron chi connectivity index (χ4n) is 1.06. The third kappa shape index (κ3) is 2.73. The molecule has 0 aliphatic heterocycles. The highest BCUT2D eigenvalue weighted by atomic mass is 16.5. The molecule has 0 amide bonds. The highest BCUT2D eigenvalue weighted by Crippen LogP contribution is 2.07. The van der Waals surface area contributed by atoms with Crippen LogP contribution in [-0.2, 0) is 4.74 Å². The topological polar surface area (TPSA) is 26.3 Å². The standard InChI is InChI=1S/C12H14O2/c1-4-10(3)14-12(13)11-7-5-6-9(2)8-11/h4-8,10H,1H2,2-3H3. The number of aryl methyl sites for hydroxylation is 1. The van der Waals surface area contributed by atoms with E-state index in [1.54, 1.807) is 25.1 Å². The Bertz CT molecular complexity index is 342. The van der Waals surface area contributed by atoms with Gasteiger partial charge in [0.2, 0.25) is 0 Å². The molecule has 0 saturated carbocycles. The van der Waals surface area contributed by atoms with E-state index >= 15 is 0 Å². The predicted molar refractivity (Wildman–Crippen MR) is 56.3 cm³/mol. The fourth-order valence-corrected chi connectivity index (χ4v) is 1.06. The normalized spacial score (nSPS) is 11.9. The SMILES string of the molecule is C=CC(C)OC(=O)c1cccc(C)c1. The van der Waals surface area contributed by atoms with Crippen molar-refractivity contribution in [1.29, 1.82) is 0 Å². The summed E-state index contributed by atoms with van der Waals surface area (Å²) in [5.74, 6) is -0.305. The molecule has 0 N–H and O–H groups in total. The van der Waals surface area contributed by atoms with Gasteiger partial charge in [0.15, 0.2) is 0 Å². The molecular formula is C12H14O2. The first-order valence-electron chi connectivity index (χ1n) is 4.53. The minimum Gasteiger partial charge on any atom is -0.455 e. The Morgan fingerprint density at radius 2 is 2.29 bits per heavy atom. The van der Waals surface area contributed by atoms with Crippen LogP contribution in [0.1, 0.15) is 22.8 Å². The molecule has 1 atom stereocenters. The van der Waals surface area contributed by atoms with Crippen molar-refractivity contribution in [1.82, 2.24) is 0 Å². The van der Waals surface area contributed by atoms with Gasteiger partial charge in [-0.2, -0.15) is 0 Å². The number of rotatable bonds is 3. The van der Waals surface area contributed by atoms with E-state index in [4.69, 9.17) is 4.74 Å². The van der Waals surface area contributed by atoms with E-state index in [1.165, 1.54) is 0 Å². The highest BCUT2D eigenvalue weighted by molar-refractivity contribution is 5.89. The van der Waals surface area contributed by atoms with Crippen LogP contribution in [0.5, 0.6) is 0 Å². The molecule has 0 aliphatic rings. The molecule has 0 saturated heterocycles. The molecule has 0 radical (unpaired) electrons. The van der Waals surface area contributed by atoms with E-state index in [-0.39, 0.29) is 12.1 Å². The Morgan fingerprint density at radius 3 is 2.86 bits per heavy atom. The summed E-state index contributed by atoms with van der Waals surface area (Å²) < 4.78 is 5.08. The van der Waals surface area contributed by atoms with Gasteiger partial charge in [0.25, 0.3) is 0 Å². The lowest BCUT2D eigenvalue weighted by Gasteiger charge is -2.08. The zero-order chi connectivity index (χ0) is 10.6. The molecule has 1 aromatic rings. The number of hydrogen-bond acceptors (Lipinski definition) is 2. The second-order valence-electron chi connectivity index (χ2n) is 3.22. The maximum atomic E-state index is 11.5. The van der Waals surface area contributed by atoms with Crippen molar-refractivity contribution in [2.24, 2.45) is 0 Å². The number of carbonyl (C=O) groups is 1. The lowest BCUT2D eigenvalue weighted by molar-refractivity contribution is 0.0425. The first-order valence-corrected chi connectivity index (χ1v) is 4.53. The van der Waals surface area contributed by atoms with E-state index < -0.39 is 0 Å². The van der Waals surface area contributed by atoms with Gasteiger partial charge in [-0.25, -0.2) is 4.79 Å². The van der Waals surface area contributed by atoms with Crippen LogP contribution in [0.15, 0.2) is 36.9 Å². The number of ether oxygens (including phenoxy) is 1. The molecule has 0 heterocycles. The van der Waals surface area contributed by atoms with Crippen molar-refractivity contribution >= 4 is 5.97 Å². The number of carbonyl (C=O) groups excluding carboxylic acids is 1. The summed E-state index contributed by atoms with van der Waals surface area (Å²) in [5.41, 5.74) is 1.63. The van der Waals surface area contributed by atoms with E-state index in [9.17, 15) is 4.79 Å². The third-order valence-corrected chi connectivity index (χ3v) is 1.88. The molecule has 0 aromatic heterocycles. The molecule has 1 rings (SSSR count). The van der Waals surface area contributed by atoms with Crippen molar-refractivity contribution < 1.29 is 9.53 Å². The second kappa shape index (κ2) is 4.61. The lowest BCUT2D eigenvalue weighted by Crippen LogP contribution is -2.12. The Labute approximate surface area is 84.2 Å². The first-order chi connectivity index (χ1) is 6.63. The van der Waals surface area contributed by atoms with Gasteiger partial charge in [0, 0.05) is 0 Å². The summed E-state index contributed by atoms with van der Waals surface area (Å²) in [5, 5.41) is 0. The van der Waals surface area contributed by atoms with Crippen LogP contribution in [0.25, 0.3) is 0 Å². The zero-order valence-electron chi connectivity index (χ0n) is 8.49.